The predicted octanol–water partition coefficient (Wildman–Crippen LogP) is 2.58. The van der Waals surface area contributed by atoms with Crippen molar-refractivity contribution in [3.05, 3.63) is 20.7 Å². The van der Waals surface area contributed by atoms with Crippen molar-refractivity contribution in [3.8, 4) is 0 Å². The van der Waals surface area contributed by atoms with Crippen LogP contribution in [-0.4, -0.2) is 39.6 Å². The fourth-order valence-electron chi connectivity index (χ4n) is 3.32. The number of amides is 1. The highest BCUT2D eigenvalue weighted by Crippen LogP contribution is 2.28. The number of carbonyl (C=O) groups is 1. The Balaban J connectivity index is 1.55. The summed E-state index contributed by atoms with van der Waals surface area (Å²) in [5.41, 5.74) is 1.70. The Morgan fingerprint density at radius 1 is 1.22 bits per heavy atom. The molecule has 3 heterocycles. The van der Waals surface area contributed by atoms with Gasteiger partial charge in [0.2, 0.25) is 11.3 Å². The molecule has 2 aliphatic rings. The average molecular weight is 349 g/mol. The summed E-state index contributed by atoms with van der Waals surface area (Å²) < 4.78 is 0. The SMILES string of the molecule is O=C(CSc1nc2sc3c(c(=O)c2[nH]1)CCCC3)N1CCCC1. The van der Waals surface area contributed by atoms with E-state index in [0.717, 1.165) is 62.0 Å². The molecule has 1 aliphatic carbocycles. The molecular weight excluding hydrogens is 330 g/mol. The van der Waals surface area contributed by atoms with E-state index in [9.17, 15) is 9.59 Å². The maximum absolute atomic E-state index is 12.6. The molecule has 1 saturated heterocycles. The molecule has 0 spiro atoms. The molecular formula is C16H19N3O2S2. The quantitative estimate of drug-likeness (QED) is 0.865. The van der Waals surface area contributed by atoms with Crippen molar-refractivity contribution in [1.29, 1.82) is 0 Å². The number of aromatic amines is 1. The van der Waals surface area contributed by atoms with E-state index in [4.69, 9.17) is 0 Å². The largest absolute Gasteiger partial charge is 0.342 e. The van der Waals surface area contributed by atoms with Gasteiger partial charge >= 0.3 is 0 Å². The van der Waals surface area contributed by atoms with Crippen LogP contribution in [0.4, 0.5) is 0 Å². The summed E-state index contributed by atoms with van der Waals surface area (Å²) in [5, 5.41) is 0.684. The van der Waals surface area contributed by atoms with Gasteiger partial charge in [0.05, 0.1) is 5.75 Å². The highest BCUT2D eigenvalue weighted by molar-refractivity contribution is 7.99. The van der Waals surface area contributed by atoms with Gasteiger partial charge in [0, 0.05) is 23.5 Å². The van der Waals surface area contributed by atoms with Crippen molar-refractivity contribution in [1.82, 2.24) is 14.9 Å². The van der Waals surface area contributed by atoms with Crippen LogP contribution in [0.25, 0.3) is 10.3 Å². The van der Waals surface area contributed by atoms with E-state index >= 15 is 0 Å². The molecule has 1 N–H and O–H groups in total. The lowest BCUT2D eigenvalue weighted by Crippen LogP contribution is -2.29. The van der Waals surface area contributed by atoms with Gasteiger partial charge in [-0.05, 0) is 38.5 Å². The van der Waals surface area contributed by atoms with E-state index < -0.39 is 0 Å². The lowest BCUT2D eigenvalue weighted by Gasteiger charge is -2.13. The first-order chi connectivity index (χ1) is 11.2. The maximum atomic E-state index is 12.6. The third-order valence-electron chi connectivity index (χ3n) is 4.58. The Kier molecular flexibility index (Phi) is 4.15. The van der Waals surface area contributed by atoms with Crippen molar-refractivity contribution in [2.45, 2.75) is 43.7 Å². The van der Waals surface area contributed by atoms with Gasteiger partial charge in [0.1, 0.15) is 10.3 Å². The van der Waals surface area contributed by atoms with Crippen molar-refractivity contribution in [2.24, 2.45) is 0 Å². The van der Waals surface area contributed by atoms with Gasteiger partial charge in [-0.1, -0.05) is 11.8 Å². The number of carbonyl (C=O) groups excluding carboxylic acids is 1. The van der Waals surface area contributed by atoms with Gasteiger partial charge in [-0.15, -0.1) is 11.3 Å². The van der Waals surface area contributed by atoms with Crippen LogP contribution in [0.15, 0.2) is 9.95 Å². The number of nitrogens with one attached hydrogen (secondary N) is 1. The first kappa shape index (κ1) is 15.2. The van der Waals surface area contributed by atoms with Gasteiger partial charge in [0.25, 0.3) is 0 Å². The Hall–Kier alpha value is -1.34. The average Bonchev–Trinajstić information content (AvgIpc) is 3.22. The highest BCUT2D eigenvalue weighted by atomic mass is 32.2. The minimum absolute atomic E-state index is 0.110. The number of hydrogen-bond acceptors (Lipinski definition) is 5. The number of imidazole rings is 1. The van der Waals surface area contributed by atoms with Gasteiger partial charge in [-0.25, -0.2) is 4.98 Å². The second kappa shape index (κ2) is 6.28. The summed E-state index contributed by atoms with van der Waals surface area (Å²) in [7, 11) is 0. The van der Waals surface area contributed by atoms with Crippen LogP contribution < -0.4 is 5.43 Å². The molecule has 0 atom stereocenters. The van der Waals surface area contributed by atoms with Crippen molar-refractivity contribution in [3.63, 3.8) is 0 Å². The highest BCUT2D eigenvalue weighted by Gasteiger charge is 2.20. The third-order valence-corrected chi connectivity index (χ3v) is 6.62. The predicted molar refractivity (Wildman–Crippen MR) is 93.4 cm³/mol. The number of fused-ring (bicyclic) bond motifs is 2. The van der Waals surface area contributed by atoms with Crippen LogP contribution in [0.3, 0.4) is 0 Å². The van der Waals surface area contributed by atoms with Crippen LogP contribution in [0.1, 0.15) is 36.1 Å². The number of nitrogens with zero attached hydrogens (tertiary/aromatic N) is 2. The molecule has 2 aromatic heterocycles. The van der Waals surface area contributed by atoms with E-state index in [-0.39, 0.29) is 11.3 Å². The van der Waals surface area contributed by atoms with E-state index in [1.54, 1.807) is 11.3 Å². The van der Waals surface area contributed by atoms with E-state index in [1.165, 1.54) is 16.6 Å². The molecule has 0 aromatic carbocycles. The summed E-state index contributed by atoms with van der Waals surface area (Å²) in [6.45, 7) is 1.75. The minimum atomic E-state index is 0.110. The monoisotopic (exact) mass is 349 g/mol. The van der Waals surface area contributed by atoms with Crippen molar-refractivity contribution in [2.75, 3.05) is 18.8 Å². The molecule has 23 heavy (non-hydrogen) atoms. The molecule has 1 aliphatic heterocycles. The number of H-pyrrole nitrogens is 1. The molecule has 0 unspecified atom stereocenters. The lowest BCUT2D eigenvalue weighted by atomic mass is 9.98. The molecule has 0 radical (unpaired) electrons. The summed E-state index contributed by atoms with van der Waals surface area (Å²) in [5.74, 6) is 0.552. The fourth-order valence-corrected chi connectivity index (χ4v) is 5.33. The van der Waals surface area contributed by atoms with Gasteiger partial charge in [-0.2, -0.15) is 0 Å². The molecule has 0 bridgehead atoms. The molecule has 2 aromatic rings. The van der Waals surface area contributed by atoms with E-state index in [0.29, 0.717) is 16.4 Å². The zero-order valence-electron chi connectivity index (χ0n) is 12.9. The summed E-state index contributed by atoms with van der Waals surface area (Å²) in [4.78, 5) is 36.3. The second-order valence-corrected chi connectivity index (χ2v) is 8.19. The number of likely N-dealkylation sites (tertiary alicyclic amines) is 1. The van der Waals surface area contributed by atoms with Gasteiger partial charge in [-0.3, -0.25) is 9.59 Å². The molecule has 122 valence electrons. The first-order valence-electron chi connectivity index (χ1n) is 8.17. The molecule has 0 saturated carbocycles. The molecule has 7 heteroatoms. The molecule has 4 rings (SSSR count). The van der Waals surface area contributed by atoms with E-state index in [2.05, 4.69) is 9.97 Å². The first-order valence-corrected chi connectivity index (χ1v) is 9.98. The Morgan fingerprint density at radius 3 is 2.83 bits per heavy atom. The minimum Gasteiger partial charge on any atom is -0.342 e. The van der Waals surface area contributed by atoms with Crippen LogP contribution >= 0.6 is 23.1 Å². The molecule has 5 nitrogen and oxygen atoms in total. The van der Waals surface area contributed by atoms with Crippen molar-refractivity contribution >= 4 is 39.4 Å². The van der Waals surface area contributed by atoms with Crippen LogP contribution in [0.2, 0.25) is 0 Å². The third kappa shape index (κ3) is 2.92. The number of thioether (sulfide) groups is 1. The number of aryl methyl sites for hydroxylation is 1. The number of hydrogen-bond donors (Lipinski definition) is 1. The normalized spacial score (nSPS) is 17.7. The topological polar surface area (TPSA) is 66.1 Å². The van der Waals surface area contributed by atoms with Gasteiger partial charge < -0.3 is 9.88 Å². The van der Waals surface area contributed by atoms with Crippen molar-refractivity contribution < 1.29 is 4.79 Å². The van der Waals surface area contributed by atoms with Crippen LogP contribution in [0.5, 0.6) is 0 Å². The summed E-state index contributed by atoms with van der Waals surface area (Å²) in [6.07, 6.45) is 6.34. The Morgan fingerprint density at radius 2 is 2.00 bits per heavy atom. The molecule has 1 amide bonds. The Labute approximate surface area is 142 Å². The number of rotatable bonds is 3. The van der Waals surface area contributed by atoms with E-state index in [1.807, 2.05) is 4.90 Å². The lowest BCUT2D eigenvalue weighted by molar-refractivity contribution is -0.127. The fraction of sp³-hybridized carbons (Fsp3) is 0.562. The summed E-state index contributed by atoms with van der Waals surface area (Å²) >= 11 is 3.04. The zero-order chi connectivity index (χ0) is 15.8. The smallest absolute Gasteiger partial charge is 0.233 e. The van der Waals surface area contributed by atoms with Crippen LogP contribution in [0, 0.1) is 0 Å². The maximum Gasteiger partial charge on any atom is 0.233 e. The zero-order valence-corrected chi connectivity index (χ0v) is 14.5. The molecule has 1 fully saturated rings. The second-order valence-electron chi connectivity index (χ2n) is 6.14. The Bertz CT molecular complexity index is 805. The van der Waals surface area contributed by atoms with Gasteiger partial charge in [0.15, 0.2) is 5.16 Å². The number of aromatic nitrogens is 2. The summed E-state index contributed by atoms with van der Waals surface area (Å²) in [6, 6.07) is 0. The van der Waals surface area contributed by atoms with Crippen LogP contribution in [-0.2, 0) is 17.6 Å². The standard InChI is InChI=1S/C16H19N3O2S2/c20-12(19-7-3-4-8-19)9-22-16-17-13-14(21)10-5-1-2-6-11(10)23-15(13)18-16/h1-9H2,(H,17,18).